The van der Waals surface area contributed by atoms with Crippen LogP contribution in [0.4, 0.5) is 0 Å². The van der Waals surface area contributed by atoms with E-state index in [4.69, 9.17) is 0 Å². The lowest BCUT2D eigenvalue weighted by molar-refractivity contribution is 0.137. The third kappa shape index (κ3) is 5.19. The van der Waals surface area contributed by atoms with E-state index in [0.29, 0.717) is 13.1 Å². The number of benzene rings is 2. The van der Waals surface area contributed by atoms with Crippen molar-refractivity contribution < 1.29 is 0 Å². The minimum atomic E-state index is 0.0693. The second-order valence-corrected chi connectivity index (χ2v) is 9.50. The largest absolute Gasteiger partial charge is 0.330 e. The fourth-order valence-electron chi connectivity index (χ4n) is 4.49. The first-order chi connectivity index (χ1) is 16.3. The number of allylic oxidation sites excluding steroid dienone is 1. The maximum absolute atomic E-state index is 13.1. The third-order valence-electron chi connectivity index (χ3n) is 6.34. The smallest absolute Gasteiger partial charge is 0.297 e. The molecule has 1 fully saturated rings. The molecule has 0 bridgehead atoms. The van der Waals surface area contributed by atoms with Gasteiger partial charge in [-0.15, -0.1) is 11.3 Å². The fraction of sp³-hybridized carbons (Fsp3) is 0.296. The van der Waals surface area contributed by atoms with Crippen LogP contribution < -0.4 is 5.69 Å². The number of aromatic nitrogens is 2. The summed E-state index contributed by atoms with van der Waals surface area (Å²) in [6.45, 7) is 7.55. The molecule has 2 aromatic heterocycles. The molecular weight excluding hydrogens is 428 g/mol. The van der Waals surface area contributed by atoms with Gasteiger partial charge < -0.3 is 0 Å². The Labute approximate surface area is 198 Å². The molecule has 0 saturated carbocycles. The molecule has 0 aliphatic carbocycles. The summed E-state index contributed by atoms with van der Waals surface area (Å²) in [4.78, 5) is 19.2. The van der Waals surface area contributed by atoms with Gasteiger partial charge in [-0.2, -0.15) is 0 Å². The van der Waals surface area contributed by atoms with Crippen LogP contribution in [0.5, 0.6) is 0 Å². The van der Waals surface area contributed by atoms with E-state index in [2.05, 4.69) is 75.9 Å². The Hall–Kier alpha value is -2.93. The third-order valence-corrected chi connectivity index (χ3v) is 7.26. The van der Waals surface area contributed by atoms with E-state index in [1.807, 2.05) is 27.3 Å². The molecular formula is C27H30N4OS. The van der Waals surface area contributed by atoms with Gasteiger partial charge in [0.1, 0.15) is 4.83 Å². The molecule has 0 amide bonds. The van der Waals surface area contributed by atoms with Crippen molar-refractivity contribution in [3.8, 4) is 0 Å². The highest BCUT2D eigenvalue weighted by atomic mass is 32.1. The van der Waals surface area contributed by atoms with Crippen molar-refractivity contribution in [1.82, 2.24) is 18.9 Å². The van der Waals surface area contributed by atoms with Crippen LogP contribution in [0.2, 0.25) is 0 Å². The first-order valence-corrected chi connectivity index (χ1v) is 12.5. The Kier molecular flexibility index (Phi) is 6.86. The molecule has 0 radical (unpaired) electrons. The number of imidazole rings is 1. The van der Waals surface area contributed by atoms with Gasteiger partial charge >= 0.3 is 5.69 Å². The SMILES string of the molecule is O=c1n(Cc2ccccc2)c2ccsc2n1C/C=C/CN1CCN(Cc2ccccc2)CC1. The number of hydrogen-bond acceptors (Lipinski definition) is 4. The van der Waals surface area contributed by atoms with Gasteiger partial charge in [-0.25, -0.2) is 4.79 Å². The van der Waals surface area contributed by atoms with Crippen LogP contribution in [0.3, 0.4) is 0 Å². The fourth-order valence-corrected chi connectivity index (χ4v) is 5.40. The minimum Gasteiger partial charge on any atom is -0.297 e. The quantitative estimate of drug-likeness (QED) is 0.370. The Bertz CT molecular complexity index is 1250. The molecule has 0 N–H and O–H groups in total. The maximum Gasteiger partial charge on any atom is 0.330 e. The summed E-state index contributed by atoms with van der Waals surface area (Å²) in [5, 5.41) is 2.07. The number of piperazine rings is 1. The van der Waals surface area contributed by atoms with Crippen molar-refractivity contribution in [2.75, 3.05) is 32.7 Å². The Morgan fingerprint density at radius 3 is 2.00 bits per heavy atom. The summed E-state index contributed by atoms with van der Waals surface area (Å²) in [6.07, 6.45) is 4.36. The molecule has 1 saturated heterocycles. The predicted molar refractivity (Wildman–Crippen MR) is 137 cm³/mol. The number of thiophene rings is 1. The topological polar surface area (TPSA) is 33.4 Å². The molecule has 5 nitrogen and oxygen atoms in total. The van der Waals surface area contributed by atoms with Crippen LogP contribution in [-0.2, 0) is 19.6 Å². The van der Waals surface area contributed by atoms with Crippen LogP contribution >= 0.6 is 11.3 Å². The zero-order valence-corrected chi connectivity index (χ0v) is 19.7. The zero-order chi connectivity index (χ0) is 22.5. The van der Waals surface area contributed by atoms with Crippen molar-refractivity contribution >= 4 is 21.7 Å². The highest BCUT2D eigenvalue weighted by molar-refractivity contribution is 7.16. The summed E-state index contributed by atoms with van der Waals surface area (Å²) in [5.74, 6) is 0. The number of nitrogens with zero attached hydrogens (tertiary/aromatic N) is 4. The van der Waals surface area contributed by atoms with Crippen LogP contribution in [0.1, 0.15) is 11.1 Å². The minimum absolute atomic E-state index is 0.0693. The molecule has 5 rings (SSSR count). The van der Waals surface area contributed by atoms with Crippen LogP contribution in [-0.4, -0.2) is 51.7 Å². The van der Waals surface area contributed by atoms with Crippen molar-refractivity contribution in [3.05, 3.63) is 106 Å². The molecule has 1 aliphatic heterocycles. The summed E-state index contributed by atoms with van der Waals surface area (Å²) >= 11 is 1.64. The molecule has 170 valence electrons. The van der Waals surface area contributed by atoms with Gasteiger partial charge in [-0.3, -0.25) is 18.9 Å². The number of rotatable bonds is 8. The van der Waals surface area contributed by atoms with Gasteiger partial charge in [-0.05, 0) is 22.6 Å². The highest BCUT2D eigenvalue weighted by Gasteiger charge is 2.16. The molecule has 33 heavy (non-hydrogen) atoms. The predicted octanol–water partition coefficient (Wildman–Crippen LogP) is 4.29. The van der Waals surface area contributed by atoms with Crippen molar-refractivity contribution in [2.45, 2.75) is 19.6 Å². The second kappa shape index (κ2) is 10.3. The van der Waals surface area contributed by atoms with Gasteiger partial charge in [0.05, 0.1) is 12.1 Å². The monoisotopic (exact) mass is 458 g/mol. The lowest BCUT2D eigenvalue weighted by atomic mass is 10.2. The summed E-state index contributed by atoms with van der Waals surface area (Å²) in [5.41, 5.74) is 3.62. The van der Waals surface area contributed by atoms with Gasteiger partial charge in [0.2, 0.25) is 0 Å². The molecule has 2 aromatic carbocycles. The van der Waals surface area contributed by atoms with E-state index in [1.54, 1.807) is 11.3 Å². The molecule has 0 spiro atoms. The van der Waals surface area contributed by atoms with Gasteiger partial charge in [0.15, 0.2) is 0 Å². The summed E-state index contributed by atoms with van der Waals surface area (Å²) in [7, 11) is 0. The zero-order valence-electron chi connectivity index (χ0n) is 18.8. The highest BCUT2D eigenvalue weighted by Crippen LogP contribution is 2.21. The Morgan fingerprint density at radius 1 is 0.697 bits per heavy atom. The van der Waals surface area contributed by atoms with Gasteiger partial charge in [-0.1, -0.05) is 72.8 Å². The molecule has 1 aliphatic rings. The average molecular weight is 459 g/mol. The van der Waals surface area contributed by atoms with Crippen LogP contribution in [0.25, 0.3) is 10.3 Å². The number of fused-ring (bicyclic) bond motifs is 1. The van der Waals surface area contributed by atoms with Crippen LogP contribution in [0, 0.1) is 0 Å². The Morgan fingerprint density at radius 2 is 1.30 bits per heavy atom. The maximum atomic E-state index is 13.1. The standard InChI is InChI=1S/C27H30N4OS/c32-27-30(26-25(13-20-33-26)31(27)22-24-11-5-2-6-12-24)15-8-7-14-28-16-18-29(19-17-28)21-23-9-3-1-4-10-23/h1-13,20H,14-19,21-22H2/b8-7+. The first-order valence-electron chi connectivity index (χ1n) is 11.6. The lowest BCUT2D eigenvalue weighted by Gasteiger charge is -2.34. The van der Waals surface area contributed by atoms with E-state index < -0.39 is 0 Å². The summed E-state index contributed by atoms with van der Waals surface area (Å²) in [6, 6.07) is 22.9. The molecule has 0 atom stereocenters. The van der Waals surface area contributed by atoms with Crippen LogP contribution in [0.15, 0.2) is 89.1 Å². The van der Waals surface area contributed by atoms with Crippen molar-refractivity contribution in [2.24, 2.45) is 0 Å². The molecule has 0 unspecified atom stereocenters. The second-order valence-electron chi connectivity index (χ2n) is 8.61. The van der Waals surface area contributed by atoms with Gasteiger partial charge in [0.25, 0.3) is 0 Å². The lowest BCUT2D eigenvalue weighted by Crippen LogP contribution is -2.45. The average Bonchev–Trinajstić information content (AvgIpc) is 3.42. The van der Waals surface area contributed by atoms with Gasteiger partial charge in [0, 0.05) is 45.8 Å². The molecule has 4 aromatic rings. The van der Waals surface area contributed by atoms with Crippen molar-refractivity contribution in [3.63, 3.8) is 0 Å². The Balaban J connectivity index is 1.16. The van der Waals surface area contributed by atoms with E-state index in [0.717, 1.165) is 55.2 Å². The van der Waals surface area contributed by atoms with E-state index in [1.165, 1.54) is 5.56 Å². The molecule has 6 heteroatoms. The normalized spacial score (nSPS) is 15.6. The first kappa shape index (κ1) is 21.9. The summed E-state index contributed by atoms with van der Waals surface area (Å²) < 4.78 is 3.79. The van der Waals surface area contributed by atoms with E-state index >= 15 is 0 Å². The molecule has 3 heterocycles. The van der Waals surface area contributed by atoms with E-state index in [-0.39, 0.29) is 5.69 Å². The van der Waals surface area contributed by atoms with E-state index in [9.17, 15) is 4.79 Å². The van der Waals surface area contributed by atoms with Crippen molar-refractivity contribution in [1.29, 1.82) is 0 Å². The number of hydrogen-bond donors (Lipinski definition) is 0.